The zero-order valence-corrected chi connectivity index (χ0v) is 13.6. The second-order valence-electron chi connectivity index (χ2n) is 5.84. The first kappa shape index (κ1) is 15.3. The summed E-state index contributed by atoms with van der Waals surface area (Å²) >= 11 is 0. The maximum Gasteiger partial charge on any atom is 0.242 e. The van der Waals surface area contributed by atoms with Gasteiger partial charge in [-0.3, -0.25) is 4.79 Å². The molecule has 1 aromatic carbocycles. The van der Waals surface area contributed by atoms with Gasteiger partial charge in [-0.05, 0) is 18.1 Å². The highest BCUT2D eigenvalue weighted by Gasteiger charge is 2.28. The van der Waals surface area contributed by atoms with E-state index in [1.165, 1.54) is 16.1 Å². The van der Waals surface area contributed by atoms with Crippen molar-refractivity contribution in [3.8, 4) is 0 Å². The van der Waals surface area contributed by atoms with Crippen LogP contribution in [-0.4, -0.2) is 69.1 Å². The number of para-hydroxylation sites is 1. The number of hydrogen-bond acceptors (Lipinski definition) is 4. The van der Waals surface area contributed by atoms with Crippen molar-refractivity contribution in [3.63, 3.8) is 0 Å². The molecule has 0 spiro atoms. The lowest BCUT2D eigenvalue weighted by atomic mass is 10.2. The van der Waals surface area contributed by atoms with E-state index in [4.69, 9.17) is 0 Å². The van der Waals surface area contributed by atoms with Crippen molar-refractivity contribution < 1.29 is 13.2 Å². The van der Waals surface area contributed by atoms with Gasteiger partial charge < -0.3 is 9.80 Å². The highest BCUT2D eigenvalue weighted by atomic mass is 32.2. The molecule has 2 heterocycles. The number of nitrogens with zero attached hydrogens (tertiary/aromatic N) is 3. The average Bonchev–Trinajstić information content (AvgIpc) is 2.90. The molecule has 0 unspecified atom stereocenters. The molecule has 2 aliphatic rings. The fraction of sp³-hybridized carbons (Fsp3) is 0.533. The smallest absolute Gasteiger partial charge is 0.242 e. The molecule has 0 radical (unpaired) electrons. The summed E-state index contributed by atoms with van der Waals surface area (Å²) in [4.78, 5) is 16.3. The van der Waals surface area contributed by atoms with E-state index in [9.17, 15) is 13.2 Å². The van der Waals surface area contributed by atoms with Crippen LogP contribution in [0.3, 0.4) is 0 Å². The van der Waals surface area contributed by atoms with E-state index in [1.54, 1.807) is 4.90 Å². The van der Waals surface area contributed by atoms with Gasteiger partial charge in [-0.1, -0.05) is 18.2 Å². The summed E-state index contributed by atoms with van der Waals surface area (Å²) in [5.41, 5.74) is 2.43. The van der Waals surface area contributed by atoms with Crippen LogP contribution in [0.5, 0.6) is 0 Å². The first-order chi connectivity index (χ1) is 10.4. The number of hydrogen-bond donors (Lipinski definition) is 0. The van der Waals surface area contributed by atoms with Crippen LogP contribution < -0.4 is 4.90 Å². The molecule has 0 saturated carbocycles. The zero-order valence-electron chi connectivity index (χ0n) is 12.7. The quantitative estimate of drug-likeness (QED) is 0.795. The van der Waals surface area contributed by atoms with Crippen molar-refractivity contribution in [2.45, 2.75) is 6.42 Å². The third-order valence-electron chi connectivity index (χ3n) is 4.37. The van der Waals surface area contributed by atoms with Gasteiger partial charge in [0.15, 0.2) is 0 Å². The Morgan fingerprint density at radius 1 is 1.09 bits per heavy atom. The standard InChI is InChI=1S/C15H21N3O3S/c1-22(20,21)18-10-8-16(9-11-18)15(19)12-17-7-6-13-4-2-3-5-14(13)17/h2-5H,6-12H2,1H3. The molecule has 7 heteroatoms. The van der Waals surface area contributed by atoms with Crippen LogP contribution in [0.4, 0.5) is 5.69 Å². The van der Waals surface area contributed by atoms with E-state index in [-0.39, 0.29) is 5.91 Å². The van der Waals surface area contributed by atoms with Gasteiger partial charge in [0, 0.05) is 38.4 Å². The number of carbonyl (C=O) groups is 1. The van der Waals surface area contributed by atoms with Crippen molar-refractivity contribution in [2.24, 2.45) is 0 Å². The van der Waals surface area contributed by atoms with Gasteiger partial charge in [-0.15, -0.1) is 0 Å². The fourth-order valence-electron chi connectivity index (χ4n) is 3.10. The summed E-state index contributed by atoms with van der Waals surface area (Å²) in [6.45, 7) is 2.97. The van der Waals surface area contributed by atoms with Gasteiger partial charge in [0.2, 0.25) is 15.9 Å². The number of fused-ring (bicyclic) bond motifs is 1. The van der Waals surface area contributed by atoms with Crippen LogP contribution in [0.2, 0.25) is 0 Å². The van der Waals surface area contributed by atoms with Gasteiger partial charge in [0.05, 0.1) is 12.8 Å². The highest BCUT2D eigenvalue weighted by molar-refractivity contribution is 7.88. The molecule has 6 nitrogen and oxygen atoms in total. The number of benzene rings is 1. The van der Waals surface area contributed by atoms with Gasteiger partial charge in [-0.25, -0.2) is 8.42 Å². The van der Waals surface area contributed by atoms with Crippen molar-refractivity contribution >= 4 is 21.6 Å². The van der Waals surface area contributed by atoms with Crippen molar-refractivity contribution in [1.82, 2.24) is 9.21 Å². The van der Waals surface area contributed by atoms with Crippen LogP contribution in [0.1, 0.15) is 5.56 Å². The molecule has 0 atom stereocenters. The van der Waals surface area contributed by atoms with Gasteiger partial charge in [0.1, 0.15) is 0 Å². The minimum atomic E-state index is -3.15. The Morgan fingerprint density at radius 2 is 1.77 bits per heavy atom. The van der Waals surface area contributed by atoms with Crippen LogP contribution in [-0.2, 0) is 21.2 Å². The monoisotopic (exact) mass is 323 g/mol. The van der Waals surface area contributed by atoms with E-state index in [0.717, 1.165) is 18.7 Å². The van der Waals surface area contributed by atoms with Crippen LogP contribution >= 0.6 is 0 Å². The minimum absolute atomic E-state index is 0.0739. The summed E-state index contributed by atoms with van der Waals surface area (Å²) < 4.78 is 24.4. The Kier molecular flexibility index (Phi) is 4.10. The maximum absolute atomic E-state index is 12.4. The van der Waals surface area contributed by atoms with Crippen LogP contribution in [0.15, 0.2) is 24.3 Å². The Morgan fingerprint density at radius 3 is 2.45 bits per heavy atom. The van der Waals surface area contributed by atoms with E-state index < -0.39 is 10.0 Å². The largest absolute Gasteiger partial charge is 0.362 e. The third-order valence-corrected chi connectivity index (χ3v) is 5.67. The van der Waals surface area contributed by atoms with Gasteiger partial charge >= 0.3 is 0 Å². The Hall–Kier alpha value is -1.60. The molecule has 0 aromatic heterocycles. The molecule has 22 heavy (non-hydrogen) atoms. The lowest BCUT2D eigenvalue weighted by Crippen LogP contribution is -2.52. The van der Waals surface area contributed by atoms with Crippen LogP contribution in [0.25, 0.3) is 0 Å². The highest BCUT2D eigenvalue weighted by Crippen LogP contribution is 2.27. The van der Waals surface area contributed by atoms with E-state index in [1.807, 2.05) is 12.1 Å². The summed E-state index contributed by atoms with van der Waals surface area (Å²) in [7, 11) is -3.15. The second-order valence-corrected chi connectivity index (χ2v) is 7.83. The molecular formula is C15H21N3O3S. The van der Waals surface area contributed by atoms with E-state index in [0.29, 0.717) is 32.7 Å². The van der Waals surface area contributed by atoms with Gasteiger partial charge in [0.25, 0.3) is 0 Å². The lowest BCUT2D eigenvalue weighted by molar-refractivity contribution is -0.130. The summed E-state index contributed by atoms with van der Waals surface area (Å²) in [6.07, 6.45) is 2.19. The molecule has 1 aromatic rings. The molecule has 0 bridgehead atoms. The van der Waals surface area contributed by atoms with Crippen molar-refractivity contribution in [3.05, 3.63) is 29.8 Å². The topological polar surface area (TPSA) is 60.9 Å². The number of piperazine rings is 1. The molecule has 1 amide bonds. The minimum Gasteiger partial charge on any atom is -0.362 e. The Bertz CT molecular complexity index is 666. The van der Waals surface area contributed by atoms with Crippen LogP contribution in [0, 0.1) is 0 Å². The first-order valence-corrected chi connectivity index (χ1v) is 9.36. The maximum atomic E-state index is 12.4. The predicted molar refractivity (Wildman–Crippen MR) is 85.4 cm³/mol. The SMILES string of the molecule is CS(=O)(=O)N1CCN(C(=O)CN2CCc3ccccc32)CC1. The molecule has 0 aliphatic carbocycles. The summed E-state index contributed by atoms with van der Waals surface area (Å²) in [5, 5.41) is 0. The number of sulfonamides is 1. The fourth-order valence-corrected chi connectivity index (χ4v) is 3.93. The van der Waals surface area contributed by atoms with E-state index in [2.05, 4.69) is 17.0 Å². The van der Waals surface area contributed by atoms with Crippen molar-refractivity contribution in [2.75, 3.05) is 50.4 Å². The van der Waals surface area contributed by atoms with Gasteiger partial charge in [-0.2, -0.15) is 4.31 Å². The molecular weight excluding hydrogens is 302 g/mol. The molecule has 3 rings (SSSR count). The van der Waals surface area contributed by atoms with Crippen molar-refractivity contribution in [1.29, 1.82) is 0 Å². The average molecular weight is 323 g/mol. The number of anilines is 1. The van der Waals surface area contributed by atoms with E-state index >= 15 is 0 Å². The first-order valence-electron chi connectivity index (χ1n) is 7.51. The number of amides is 1. The molecule has 0 N–H and O–H groups in total. The Labute approximate surface area is 131 Å². The zero-order chi connectivity index (χ0) is 15.7. The summed E-state index contributed by atoms with van der Waals surface area (Å²) in [5.74, 6) is 0.0739. The molecule has 1 fully saturated rings. The molecule has 1 saturated heterocycles. The lowest BCUT2D eigenvalue weighted by Gasteiger charge is -2.34. The molecule has 2 aliphatic heterocycles. The third kappa shape index (κ3) is 3.10. The summed E-state index contributed by atoms with van der Waals surface area (Å²) in [6, 6.07) is 8.17. The Balaban J connectivity index is 1.58. The normalized spacial score (nSPS) is 19.3. The number of rotatable bonds is 3. The predicted octanol–water partition coefficient (Wildman–Crippen LogP) is 0.153. The number of carbonyl (C=O) groups excluding carboxylic acids is 1. The molecule has 120 valence electrons. The second kappa shape index (κ2) is 5.89.